The maximum absolute atomic E-state index is 9.31. The molecule has 1 aromatic carbocycles. The van der Waals surface area contributed by atoms with Gasteiger partial charge < -0.3 is 5.11 Å². The first-order valence-corrected chi connectivity index (χ1v) is 5.50. The summed E-state index contributed by atoms with van der Waals surface area (Å²) in [6.07, 6.45) is 1.67. The van der Waals surface area contributed by atoms with Crippen LogP contribution >= 0.6 is 0 Å². The van der Waals surface area contributed by atoms with Crippen LogP contribution in [0.1, 0.15) is 0 Å². The molecule has 0 bridgehead atoms. The average molecular weight is 307 g/mol. The summed E-state index contributed by atoms with van der Waals surface area (Å²) in [6, 6.07) is 9.13. The van der Waals surface area contributed by atoms with E-state index in [1.165, 1.54) is 0 Å². The minimum atomic E-state index is -4.67. The molecule has 0 spiro atoms. The summed E-state index contributed by atoms with van der Waals surface area (Å²) in [4.78, 5) is 4.03. The molecular formula is C9H9CuNO5S. The molecule has 0 saturated carbocycles. The number of hydrogen-bond donors (Lipinski definition) is 3. The number of aromatic nitrogens is 1. The molecule has 1 aromatic heterocycles. The van der Waals surface area contributed by atoms with Crippen LogP contribution in [0.4, 0.5) is 0 Å². The van der Waals surface area contributed by atoms with Crippen molar-refractivity contribution in [3.8, 4) is 5.75 Å². The number of phenols is 1. The predicted molar refractivity (Wildman–Crippen MR) is 57.6 cm³/mol. The van der Waals surface area contributed by atoms with E-state index in [1.54, 1.807) is 18.3 Å². The Kier molecular flexibility index (Phi) is 6.08. The van der Waals surface area contributed by atoms with Crippen LogP contribution in [0.25, 0.3) is 10.9 Å². The third-order valence-corrected chi connectivity index (χ3v) is 1.61. The van der Waals surface area contributed by atoms with Gasteiger partial charge in [-0.3, -0.25) is 14.1 Å². The fourth-order valence-electron chi connectivity index (χ4n) is 1.09. The third kappa shape index (κ3) is 6.20. The number of phenolic OH excluding ortho intramolecular Hbond substituents is 1. The van der Waals surface area contributed by atoms with Crippen molar-refractivity contribution in [2.75, 3.05) is 0 Å². The number of nitrogens with zero attached hydrogens (tertiary/aromatic N) is 1. The Hall–Kier alpha value is -1.18. The molecule has 0 saturated heterocycles. The number of pyridine rings is 1. The Bertz CT molecular complexity index is 573. The van der Waals surface area contributed by atoms with E-state index in [-0.39, 0.29) is 22.8 Å². The van der Waals surface area contributed by atoms with Gasteiger partial charge in [0, 0.05) is 28.7 Å². The fourth-order valence-corrected chi connectivity index (χ4v) is 1.09. The number of aromatic hydroxyl groups is 1. The fraction of sp³-hybridized carbons (Fsp3) is 0. The van der Waals surface area contributed by atoms with Gasteiger partial charge in [0.25, 0.3) is 0 Å². The van der Waals surface area contributed by atoms with Gasteiger partial charge in [-0.05, 0) is 12.1 Å². The van der Waals surface area contributed by atoms with Gasteiger partial charge in [-0.25, -0.2) is 0 Å². The molecule has 6 nitrogen and oxygen atoms in total. The Balaban J connectivity index is 0.000000373. The molecule has 0 aliphatic carbocycles. The molecule has 3 N–H and O–H groups in total. The predicted octanol–water partition coefficient (Wildman–Crippen LogP) is 1.29. The van der Waals surface area contributed by atoms with Crippen LogP contribution in [-0.2, 0) is 27.5 Å². The van der Waals surface area contributed by atoms with Crippen molar-refractivity contribution in [2.45, 2.75) is 0 Å². The molecule has 0 fully saturated rings. The number of para-hydroxylation sites is 1. The van der Waals surface area contributed by atoms with E-state index < -0.39 is 10.4 Å². The minimum absolute atomic E-state index is 0. The van der Waals surface area contributed by atoms with Crippen LogP contribution in [0.15, 0.2) is 36.5 Å². The van der Waals surface area contributed by atoms with Crippen molar-refractivity contribution in [2.24, 2.45) is 0 Å². The Morgan fingerprint density at radius 2 is 1.59 bits per heavy atom. The van der Waals surface area contributed by atoms with E-state index in [1.807, 2.05) is 18.2 Å². The van der Waals surface area contributed by atoms with Crippen LogP contribution < -0.4 is 0 Å². The number of hydrogen-bond acceptors (Lipinski definition) is 4. The zero-order valence-corrected chi connectivity index (χ0v) is 10.0. The minimum Gasteiger partial charge on any atom is -0.506 e. The standard InChI is InChI=1S/C9H7NO.Cu.H2O4S/c11-8-5-1-3-7-4-2-6-10-9(7)8;;1-5(2,3)4/h1-6,11H;;(H2,1,2,3,4). The second-order valence-electron chi connectivity index (χ2n) is 2.80. The molecule has 0 atom stereocenters. The molecule has 0 unspecified atom stereocenters. The summed E-state index contributed by atoms with van der Waals surface area (Å²) in [7, 11) is -4.67. The SMILES string of the molecule is O=S(=O)(O)O.Oc1cccc2cccnc12.[Cu]. The monoisotopic (exact) mass is 306 g/mol. The topological polar surface area (TPSA) is 108 Å². The maximum Gasteiger partial charge on any atom is 0.394 e. The van der Waals surface area contributed by atoms with Crippen molar-refractivity contribution in [3.63, 3.8) is 0 Å². The van der Waals surface area contributed by atoms with Gasteiger partial charge in [0.1, 0.15) is 11.3 Å². The average Bonchev–Trinajstić information content (AvgIpc) is 2.16. The van der Waals surface area contributed by atoms with E-state index in [4.69, 9.17) is 17.5 Å². The van der Waals surface area contributed by atoms with Crippen LogP contribution in [0.3, 0.4) is 0 Å². The summed E-state index contributed by atoms with van der Waals surface area (Å²) in [5.74, 6) is 0.239. The van der Waals surface area contributed by atoms with Gasteiger partial charge >= 0.3 is 10.4 Å². The summed E-state index contributed by atoms with van der Waals surface area (Å²) in [5, 5.41) is 10.3. The van der Waals surface area contributed by atoms with Gasteiger partial charge in [0.2, 0.25) is 0 Å². The van der Waals surface area contributed by atoms with E-state index in [0.29, 0.717) is 5.52 Å². The molecule has 0 aliphatic rings. The first-order chi connectivity index (χ1) is 7.38. The second kappa shape index (κ2) is 6.53. The van der Waals surface area contributed by atoms with Gasteiger partial charge in [-0.1, -0.05) is 18.2 Å². The van der Waals surface area contributed by atoms with Gasteiger partial charge in [0.15, 0.2) is 0 Å². The van der Waals surface area contributed by atoms with Gasteiger partial charge in [-0.15, -0.1) is 0 Å². The van der Waals surface area contributed by atoms with Crippen molar-refractivity contribution < 1.29 is 39.7 Å². The van der Waals surface area contributed by atoms with E-state index in [9.17, 15) is 5.11 Å². The molecular weight excluding hydrogens is 298 g/mol. The first-order valence-electron chi connectivity index (χ1n) is 4.10. The zero-order valence-electron chi connectivity index (χ0n) is 8.28. The maximum atomic E-state index is 9.31. The largest absolute Gasteiger partial charge is 0.506 e. The normalized spacial score (nSPS) is 10.0. The summed E-state index contributed by atoms with van der Waals surface area (Å²) >= 11 is 0. The molecule has 1 heterocycles. The number of benzene rings is 1. The molecule has 0 aliphatic heterocycles. The molecule has 1 radical (unpaired) electrons. The van der Waals surface area contributed by atoms with Crippen LogP contribution in [0, 0.1) is 0 Å². The van der Waals surface area contributed by atoms with Gasteiger partial charge in [0.05, 0.1) is 0 Å². The van der Waals surface area contributed by atoms with Gasteiger partial charge in [-0.2, -0.15) is 8.42 Å². The van der Waals surface area contributed by atoms with Crippen LogP contribution in [-0.4, -0.2) is 27.6 Å². The quantitative estimate of drug-likeness (QED) is 0.500. The van der Waals surface area contributed by atoms with Crippen molar-refractivity contribution in [1.29, 1.82) is 0 Å². The van der Waals surface area contributed by atoms with E-state index in [0.717, 1.165) is 5.39 Å². The summed E-state index contributed by atoms with van der Waals surface area (Å²) < 4.78 is 31.6. The molecule has 17 heavy (non-hydrogen) atoms. The number of rotatable bonds is 0. The Morgan fingerprint density at radius 3 is 2.12 bits per heavy atom. The molecule has 8 heteroatoms. The molecule has 97 valence electrons. The van der Waals surface area contributed by atoms with E-state index in [2.05, 4.69) is 4.98 Å². The Labute approximate surface area is 108 Å². The van der Waals surface area contributed by atoms with Crippen LogP contribution in [0.5, 0.6) is 5.75 Å². The van der Waals surface area contributed by atoms with E-state index >= 15 is 0 Å². The van der Waals surface area contributed by atoms with Crippen molar-refractivity contribution in [1.82, 2.24) is 4.98 Å². The van der Waals surface area contributed by atoms with Crippen LogP contribution in [0.2, 0.25) is 0 Å². The smallest absolute Gasteiger partial charge is 0.394 e. The zero-order chi connectivity index (χ0) is 12.2. The first kappa shape index (κ1) is 15.8. The Morgan fingerprint density at radius 1 is 1.06 bits per heavy atom. The van der Waals surface area contributed by atoms with Crippen molar-refractivity contribution >= 4 is 21.3 Å². The molecule has 2 aromatic rings. The molecule has 0 amide bonds. The molecule has 2 rings (SSSR count). The number of fused-ring (bicyclic) bond motifs is 1. The summed E-state index contributed by atoms with van der Waals surface area (Å²) in [5.41, 5.74) is 0.662. The second-order valence-corrected chi connectivity index (χ2v) is 3.70. The third-order valence-electron chi connectivity index (χ3n) is 1.61. The summed E-state index contributed by atoms with van der Waals surface area (Å²) in [6.45, 7) is 0. The van der Waals surface area contributed by atoms with Crippen molar-refractivity contribution in [3.05, 3.63) is 36.5 Å².